The second-order valence-corrected chi connectivity index (χ2v) is 7.21. The molecule has 1 spiro atoms. The van der Waals surface area contributed by atoms with E-state index in [-0.39, 0.29) is 11.4 Å². The topological polar surface area (TPSA) is 58.9 Å². The number of aromatic nitrogens is 2. The summed E-state index contributed by atoms with van der Waals surface area (Å²) < 4.78 is 7.57. The number of fused-ring (bicyclic) bond motifs is 1. The molecule has 4 rings (SSSR count). The van der Waals surface area contributed by atoms with Gasteiger partial charge in [-0.25, -0.2) is 4.98 Å². The van der Waals surface area contributed by atoms with Crippen LogP contribution >= 0.6 is 0 Å². The molecule has 134 valence electrons. The average Bonchev–Trinajstić information content (AvgIpc) is 2.92. The fourth-order valence-corrected chi connectivity index (χ4v) is 4.21. The zero-order valence-corrected chi connectivity index (χ0v) is 14.8. The highest BCUT2D eigenvalue weighted by Crippen LogP contribution is 2.32. The van der Waals surface area contributed by atoms with Crippen LogP contribution in [-0.4, -0.2) is 58.6 Å². The molecule has 2 aromatic rings. The van der Waals surface area contributed by atoms with E-state index in [4.69, 9.17) is 4.74 Å². The maximum atomic E-state index is 13.2. The molecule has 2 aliphatic heterocycles. The van der Waals surface area contributed by atoms with Gasteiger partial charge in [-0.05, 0) is 44.4 Å². The van der Waals surface area contributed by atoms with Crippen LogP contribution in [-0.2, 0) is 16.0 Å². The van der Waals surface area contributed by atoms with E-state index in [2.05, 4.69) is 15.2 Å². The first-order chi connectivity index (χ1) is 12.2. The first kappa shape index (κ1) is 16.5. The summed E-state index contributed by atoms with van der Waals surface area (Å²) in [6.45, 7) is 6.14. The zero-order valence-electron chi connectivity index (χ0n) is 14.8. The van der Waals surface area contributed by atoms with Gasteiger partial charge in [0, 0.05) is 44.2 Å². The fourth-order valence-electron chi connectivity index (χ4n) is 4.21. The summed E-state index contributed by atoms with van der Waals surface area (Å²) in [5.74, 6) is 0.187. The van der Waals surface area contributed by atoms with Gasteiger partial charge in [-0.1, -0.05) is 6.07 Å². The number of hydrogen-bond acceptors (Lipinski definition) is 4. The van der Waals surface area contributed by atoms with Crippen molar-refractivity contribution >= 4 is 11.6 Å². The van der Waals surface area contributed by atoms with Crippen molar-refractivity contribution in [1.82, 2.24) is 19.6 Å². The van der Waals surface area contributed by atoms with Crippen molar-refractivity contribution in [3.8, 4) is 0 Å². The molecule has 0 radical (unpaired) electrons. The lowest BCUT2D eigenvalue weighted by atomic mass is 9.84. The summed E-state index contributed by atoms with van der Waals surface area (Å²) in [4.78, 5) is 20.0. The maximum Gasteiger partial charge on any atom is 0.229 e. The molecule has 2 aliphatic rings. The van der Waals surface area contributed by atoms with Crippen LogP contribution in [0.15, 0.2) is 24.5 Å². The molecular weight excluding hydrogens is 316 g/mol. The highest BCUT2D eigenvalue weighted by atomic mass is 16.5. The number of nitrogens with zero attached hydrogens (tertiary/aromatic N) is 3. The lowest BCUT2D eigenvalue weighted by Crippen LogP contribution is -2.55. The van der Waals surface area contributed by atoms with Gasteiger partial charge in [0.25, 0.3) is 0 Å². The minimum absolute atomic E-state index is 0.0477. The van der Waals surface area contributed by atoms with Crippen LogP contribution < -0.4 is 5.32 Å². The van der Waals surface area contributed by atoms with Crippen LogP contribution in [0, 0.1) is 6.92 Å². The van der Waals surface area contributed by atoms with Gasteiger partial charge in [-0.15, -0.1) is 0 Å². The molecule has 0 atom stereocenters. The van der Waals surface area contributed by atoms with Crippen molar-refractivity contribution in [3.63, 3.8) is 0 Å². The normalized spacial score (nSPS) is 20.8. The summed E-state index contributed by atoms with van der Waals surface area (Å²) in [6.07, 6.45) is 7.21. The molecule has 4 heterocycles. The third-order valence-electron chi connectivity index (χ3n) is 5.64. The monoisotopic (exact) mass is 342 g/mol. The van der Waals surface area contributed by atoms with E-state index in [1.807, 2.05) is 35.9 Å². The third-order valence-corrected chi connectivity index (χ3v) is 5.64. The summed E-state index contributed by atoms with van der Waals surface area (Å²) in [5.41, 5.74) is 2.86. The van der Waals surface area contributed by atoms with Crippen LogP contribution in [0.25, 0.3) is 5.65 Å². The van der Waals surface area contributed by atoms with Crippen LogP contribution in [0.4, 0.5) is 0 Å². The number of rotatable bonds is 2. The van der Waals surface area contributed by atoms with Gasteiger partial charge in [0.1, 0.15) is 5.65 Å². The van der Waals surface area contributed by atoms with Crippen molar-refractivity contribution in [2.24, 2.45) is 0 Å². The van der Waals surface area contributed by atoms with Crippen molar-refractivity contribution in [2.75, 3.05) is 32.8 Å². The molecule has 1 N–H and O–H groups in total. The van der Waals surface area contributed by atoms with Gasteiger partial charge in [0.2, 0.25) is 5.91 Å². The Hall–Kier alpha value is -1.92. The molecule has 0 unspecified atom stereocenters. The number of hydrogen-bond donors (Lipinski definition) is 1. The standard InChI is InChI=1S/C19H26N4O2/c1-15-3-2-9-22-14-16(21-18(15)22)13-17(24)23-10-8-20-7-4-19(23)5-11-25-12-6-19/h2-3,9,14,20H,4-8,10-13H2,1H3. The third kappa shape index (κ3) is 3.16. The fraction of sp³-hybridized carbons (Fsp3) is 0.579. The summed E-state index contributed by atoms with van der Waals surface area (Å²) >= 11 is 0. The van der Waals surface area contributed by atoms with E-state index in [1.165, 1.54) is 0 Å². The quantitative estimate of drug-likeness (QED) is 0.900. The Morgan fingerprint density at radius 3 is 2.96 bits per heavy atom. The molecule has 1 amide bonds. The van der Waals surface area contributed by atoms with E-state index in [0.717, 1.165) is 69.0 Å². The predicted molar refractivity (Wildman–Crippen MR) is 95.6 cm³/mol. The van der Waals surface area contributed by atoms with Crippen molar-refractivity contribution in [2.45, 2.75) is 38.1 Å². The van der Waals surface area contributed by atoms with Crippen molar-refractivity contribution in [1.29, 1.82) is 0 Å². The second-order valence-electron chi connectivity index (χ2n) is 7.21. The lowest BCUT2D eigenvalue weighted by molar-refractivity contribution is -0.141. The predicted octanol–water partition coefficient (Wildman–Crippen LogP) is 1.56. The molecule has 25 heavy (non-hydrogen) atoms. The largest absolute Gasteiger partial charge is 0.381 e. The molecule has 0 bridgehead atoms. The number of amides is 1. The van der Waals surface area contributed by atoms with Gasteiger partial charge < -0.3 is 19.4 Å². The molecule has 0 saturated carbocycles. The van der Waals surface area contributed by atoms with E-state index in [9.17, 15) is 4.79 Å². The lowest BCUT2D eigenvalue weighted by Gasteiger charge is -2.45. The number of carbonyl (C=O) groups is 1. The Labute approximate surface area is 148 Å². The highest BCUT2D eigenvalue weighted by Gasteiger charge is 2.41. The van der Waals surface area contributed by atoms with E-state index >= 15 is 0 Å². The molecule has 0 aliphatic carbocycles. The highest BCUT2D eigenvalue weighted by molar-refractivity contribution is 5.79. The van der Waals surface area contributed by atoms with Crippen LogP contribution in [0.5, 0.6) is 0 Å². The van der Waals surface area contributed by atoms with Crippen LogP contribution in [0.2, 0.25) is 0 Å². The van der Waals surface area contributed by atoms with E-state index in [1.54, 1.807) is 0 Å². The minimum atomic E-state index is -0.0477. The van der Waals surface area contributed by atoms with Gasteiger partial charge in [0.05, 0.1) is 12.1 Å². The first-order valence-electron chi connectivity index (χ1n) is 9.20. The summed E-state index contributed by atoms with van der Waals surface area (Å²) in [6, 6.07) is 4.05. The number of nitrogens with one attached hydrogen (secondary N) is 1. The zero-order chi connectivity index (χ0) is 17.3. The molecule has 6 heteroatoms. The summed E-state index contributed by atoms with van der Waals surface area (Å²) in [5, 5.41) is 3.44. The molecular formula is C19H26N4O2. The Morgan fingerprint density at radius 2 is 2.16 bits per heavy atom. The Balaban J connectivity index is 1.57. The van der Waals surface area contributed by atoms with Gasteiger partial charge in [0.15, 0.2) is 0 Å². The van der Waals surface area contributed by atoms with Crippen LogP contribution in [0.3, 0.4) is 0 Å². The Bertz CT molecular complexity index is 764. The molecule has 2 aromatic heterocycles. The molecule has 0 aromatic carbocycles. The number of ether oxygens (including phenoxy) is 1. The SMILES string of the molecule is Cc1cccn2cc(CC(=O)N3CCNCCC34CCOCC4)nc12. The van der Waals surface area contributed by atoms with Crippen molar-refractivity contribution in [3.05, 3.63) is 35.8 Å². The second kappa shape index (κ2) is 6.77. The van der Waals surface area contributed by atoms with Gasteiger partial charge >= 0.3 is 0 Å². The molecule has 6 nitrogen and oxygen atoms in total. The molecule has 2 fully saturated rings. The summed E-state index contributed by atoms with van der Waals surface area (Å²) in [7, 11) is 0. The van der Waals surface area contributed by atoms with Gasteiger partial charge in [-0.2, -0.15) is 0 Å². The van der Waals surface area contributed by atoms with Crippen LogP contribution in [0.1, 0.15) is 30.5 Å². The number of aryl methyl sites for hydroxylation is 1. The first-order valence-corrected chi connectivity index (χ1v) is 9.20. The minimum Gasteiger partial charge on any atom is -0.381 e. The van der Waals surface area contributed by atoms with E-state index < -0.39 is 0 Å². The maximum absolute atomic E-state index is 13.2. The Morgan fingerprint density at radius 1 is 1.32 bits per heavy atom. The van der Waals surface area contributed by atoms with E-state index in [0.29, 0.717) is 6.42 Å². The smallest absolute Gasteiger partial charge is 0.229 e. The van der Waals surface area contributed by atoms with Gasteiger partial charge in [-0.3, -0.25) is 4.79 Å². The Kier molecular flexibility index (Phi) is 4.48. The van der Waals surface area contributed by atoms with Crippen molar-refractivity contribution < 1.29 is 9.53 Å². The molecule has 2 saturated heterocycles. The average molecular weight is 342 g/mol. The number of carbonyl (C=O) groups excluding carboxylic acids is 1. The number of imidazole rings is 1. The number of pyridine rings is 1.